The Morgan fingerprint density at radius 2 is 1.75 bits per heavy atom. The Kier molecular flexibility index (Phi) is 7.23. The van der Waals surface area contributed by atoms with Crippen LogP contribution in [0.4, 0.5) is 0 Å². The molecular formula is C26H31NO5. The van der Waals surface area contributed by atoms with Gasteiger partial charge in [0.25, 0.3) is 11.7 Å². The number of carbonyl (C=O) groups is 2. The van der Waals surface area contributed by atoms with Crippen molar-refractivity contribution in [3.8, 4) is 11.5 Å². The van der Waals surface area contributed by atoms with Crippen molar-refractivity contribution in [2.75, 3.05) is 20.8 Å². The number of aliphatic hydroxyl groups is 1. The van der Waals surface area contributed by atoms with Crippen molar-refractivity contribution in [3.05, 3.63) is 64.7 Å². The van der Waals surface area contributed by atoms with Gasteiger partial charge in [0.2, 0.25) is 0 Å². The summed E-state index contributed by atoms with van der Waals surface area (Å²) in [6.07, 6.45) is 1.62. The maximum atomic E-state index is 13.1. The molecule has 0 aliphatic carbocycles. The average molecular weight is 438 g/mol. The van der Waals surface area contributed by atoms with Crippen molar-refractivity contribution < 1.29 is 24.2 Å². The van der Waals surface area contributed by atoms with E-state index in [0.717, 1.165) is 18.4 Å². The van der Waals surface area contributed by atoms with Crippen molar-refractivity contribution in [1.29, 1.82) is 0 Å². The fourth-order valence-electron chi connectivity index (χ4n) is 4.14. The molecule has 170 valence electrons. The molecule has 1 N–H and O–H groups in total. The number of amides is 1. The second-order valence-electron chi connectivity index (χ2n) is 8.20. The van der Waals surface area contributed by atoms with Crippen molar-refractivity contribution in [3.63, 3.8) is 0 Å². The molecule has 6 heteroatoms. The number of likely N-dealkylation sites (tertiary alicyclic amines) is 1. The molecule has 0 spiro atoms. The lowest BCUT2D eigenvalue weighted by molar-refractivity contribution is -0.139. The highest BCUT2D eigenvalue weighted by Crippen LogP contribution is 2.43. The van der Waals surface area contributed by atoms with Crippen molar-refractivity contribution in [2.45, 2.75) is 45.6 Å². The predicted octanol–water partition coefficient (Wildman–Crippen LogP) is 5.05. The summed E-state index contributed by atoms with van der Waals surface area (Å²) in [5.41, 5.74) is 2.13. The molecule has 0 bridgehead atoms. The average Bonchev–Trinajstić information content (AvgIpc) is 3.06. The van der Waals surface area contributed by atoms with Gasteiger partial charge in [-0.2, -0.15) is 0 Å². The van der Waals surface area contributed by atoms with E-state index < -0.39 is 17.7 Å². The van der Waals surface area contributed by atoms with Crippen LogP contribution >= 0.6 is 0 Å². The van der Waals surface area contributed by atoms with E-state index in [4.69, 9.17) is 9.47 Å². The van der Waals surface area contributed by atoms with Crippen LogP contribution in [-0.4, -0.2) is 42.5 Å². The van der Waals surface area contributed by atoms with Gasteiger partial charge in [0.1, 0.15) is 17.3 Å². The number of hydrogen-bond donors (Lipinski definition) is 1. The highest BCUT2D eigenvalue weighted by molar-refractivity contribution is 6.46. The summed E-state index contributed by atoms with van der Waals surface area (Å²) < 4.78 is 11.0. The lowest BCUT2D eigenvalue weighted by atomic mass is 9.92. The summed E-state index contributed by atoms with van der Waals surface area (Å²) in [5, 5.41) is 11.3. The number of carbonyl (C=O) groups excluding carboxylic acids is 2. The highest BCUT2D eigenvalue weighted by Gasteiger charge is 2.46. The monoisotopic (exact) mass is 437 g/mol. The first-order valence-electron chi connectivity index (χ1n) is 10.9. The molecule has 1 fully saturated rings. The number of aliphatic hydroxyl groups excluding tert-OH is 1. The Balaban J connectivity index is 2.23. The molecule has 1 heterocycles. The third-order valence-electron chi connectivity index (χ3n) is 5.85. The van der Waals surface area contributed by atoms with Gasteiger partial charge in [0.15, 0.2) is 0 Å². The van der Waals surface area contributed by atoms with Crippen LogP contribution < -0.4 is 9.47 Å². The Morgan fingerprint density at radius 3 is 2.38 bits per heavy atom. The molecule has 3 rings (SSSR count). The number of ketones is 1. The van der Waals surface area contributed by atoms with E-state index in [2.05, 4.69) is 0 Å². The molecule has 2 aromatic rings. The van der Waals surface area contributed by atoms with Gasteiger partial charge >= 0.3 is 0 Å². The van der Waals surface area contributed by atoms with Gasteiger partial charge in [-0.15, -0.1) is 0 Å². The number of para-hydroxylation sites is 1. The maximum absolute atomic E-state index is 13.1. The van der Waals surface area contributed by atoms with Crippen LogP contribution in [0.25, 0.3) is 5.76 Å². The third-order valence-corrected chi connectivity index (χ3v) is 5.85. The number of unbranched alkanes of at least 4 members (excludes halogenated alkanes) is 1. The summed E-state index contributed by atoms with van der Waals surface area (Å²) in [4.78, 5) is 27.7. The molecule has 0 aromatic heterocycles. The second-order valence-corrected chi connectivity index (χ2v) is 8.20. The molecule has 0 radical (unpaired) electrons. The van der Waals surface area contributed by atoms with Gasteiger partial charge in [-0.25, -0.2) is 0 Å². The lowest BCUT2D eigenvalue weighted by Crippen LogP contribution is -2.30. The van der Waals surface area contributed by atoms with Crippen LogP contribution in [0.15, 0.2) is 48.0 Å². The van der Waals surface area contributed by atoms with Gasteiger partial charge in [-0.1, -0.05) is 45.4 Å². The van der Waals surface area contributed by atoms with Crippen molar-refractivity contribution in [2.24, 2.45) is 0 Å². The van der Waals surface area contributed by atoms with Gasteiger partial charge < -0.3 is 19.5 Å². The van der Waals surface area contributed by atoms with Gasteiger partial charge in [-0.05, 0) is 42.2 Å². The lowest BCUT2D eigenvalue weighted by Gasteiger charge is -2.26. The number of methoxy groups -OCH3 is 2. The molecule has 1 aliphatic heterocycles. The van der Waals surface area contributed by atoms with Gasteiger partial charge in [0, 0.05) is 17.7 Å². The van der Waals surface area contributed by atoms with E-state index in [1.165, 1.54) is 0 Å². The van der Waals surface area contributed by atoms with E-state index in [-0.39, 0.29) is 17.3 Å². The fourth-order valence-corrected chi connectivity index (χ4v) is 4.14. The van der Waals surface area contributed by atoms with E-state index >= 15 is 0 Å². The third kappa shape index (κ3) is 4.22. The zero-order valence-corrected chi connectivity index (χ0v) is 19.3. The number of Topliss-reactive ketones (excluding diaryl/α,β-unsaturated/α-hetero) is 1. The van der Waals surface area contributed by atoms with Crippen molar-refractivity contribution in [1.82, 2.24) is 4.90 Å². The fraction of sp³-hybridized carbons (Fsp3) is 0.385. The highest BCUT2D eigenvalue weighted by atomic mass is 16.5. The summed E-state index contributed by atoms with van der Waals surface area (Å²) in [5.74, 6) is -0.0620. The zero-order valence-electron chi connectivity index (χ0n) is 19.3. The minimum absolute atomic E-state index is 0.0791. The maximum Gasteiger partial charge on any atom is 0.295 e. The molecule has 2 aromatic carbocycles. The van der Waals surface area contributed by atoms with Gasteiger partial charge in [0.05, 0.1) is 25.8 Å². The standard InChI is InChI=1S/C26H31NO5/c1-6-7-14-27-23(18-10-8-9-11-20(18)31-4)22(25(29)26(27)30)24(28)17-12-13-21(32-5)19(15-17)16(2)3/h8-13,15-16,23,28H,6-7,14H2,1-5H3/b24-22+. The summed E-state index contributed by atoms with van der Waals surface area (Å²) >= 11 is 0. The van der Waals surface area contributed by atoms with Crippen LogP contribution in [-0.2, 0) is 9.59 Å². The van der Waals surface area contributed by atoms with Crippen molar-refractivity contribution >= 4 is 17.4 Å². The Morgan fingerprint density at radius 1 is 1.06 bits per heavy atom. The minimum atomic E-state index is -0.720. The SMILES string of the molecule is CCCCN1C(=O)C(=O)/C(=C(/O)c2ccc(OC)c(C(C)C)c2)C1c1ccccc1OC. The van der Waals surface area contributed by atoms with Crippen LogP contribution in [0.3, 0.4) is 0 Å². The molecule has 1 amide bonds. The normalized spacial score (nSPS) is 17.8. The molecular weight excluding hydrogens is 406 g/mol. The largest absolute Gasteiger partial charge is 0.507 e. The minimum Gasteiger partial charge on any atom is -0.507 e. The first-order chi connectivity index (χ1) is 15.3. The molecule has 6 nitrogen and oxygen atoms in total. The molecule has 1 atom stereocenters. The van der Waals surface area contributed by atoms with Crippen LogP contribution in [0.1, 0.15) is 62.3 Å². The number of benzene rings is 2. The summed E-state index contributed by atoms with van der Waals surface area (Å²) in [7, 11) is 3.15. The zero-order chi connectivity index (χ0) is 23.4. The first-order valence-corrected chi connectivity index (χ1v) is 10.9. The Hall–Kier alpha value is -3.28. The smallest absolute Gasteiger partial charge is 0.295 e. The molecule has 32 heavy (non-hydrogen) atoms. The number of nitrogens with zero attached hydrogens (tertiary/aromatic N) is 1. The summed E-state index contributed by atoms with van der Waals surface area (Å²) in [6, 6.07) is 11.9. The van der Waals surface area contributed by atoms with E-state index in [1.807, 2.05) is 45.0 Å². The van der Waals surface area contributed by atoms with E-state index in [1.54, 1.807) is 37.3 Å². The van der Waals surface area contributed by atoms with Crippen LogP contribution in [0, 0.1) is 0 Å². The van der Waals surface area contributed by atoms with Crippen LogP contribution in [0.2, 0.25) is 0 Å². The van der Waals surface area contributed by atoms with E-state index in [9.17, 15) is 14.7 Å². The quantitative estimate of drug-likeness (QED) is 0.355. The number of rotatable bonds is 8. The van der Waals surface area contributed by atoms with Gasteiger partial charge in [-0.3, -0.25) is 9.59 Å². The topological polar surface area (TPSA) is 76.1 Å². The molecule has 1 unspecified atom stereocenters. The van der Waals surface area contributed by atoms with Crippen LogP contribution in [0.5, 0.6) is 11.5 Å². The predicted molar refractivity (Wildman–Crippen MR) is 124 cm³/mol. The number of ether oxygens (including phenoxy) is 2. The summed E-state index contributed by atoms with van der Waals surface area (Å²) in [6.45, 7) is 6.50. The number of hydrogen-bond acceptors (Lipinski definition) is 5. The molecule has 0 saturated carbocycles. The molecule has 1 saturated heterocycles. The molecule has 1 aliphatic rings. The van der Waals surface area contributed by atoms with E-state index in [0.29, 0.717) is 29.2 Å². The second kappa shape index (κ2) is 9.90. The Bertz CT molecular complexity index is 1040. The first kappa shape index (κ1) is 23.4. The Labute approximate surface area is 189 Å².